The minimum atomic E-state index is -0.490. The van der Waals surface area contributed by atoms with E-state index >= 15 is 0 Å². The lowest BCUT2D eigenvalue weighted by Gasteiger charge is -2.32. The Balaban J connectivity index is 2.07. The minimum Gasteiger partial charge on any atom is -0.444 e. The molecule has 0 aliphatic carbocycles. The van der Waals surface area contributed by atoms with E-state index in [1.54, 1.807) is 0 Å². The summed E-state index contributed by atoms with van der Waals surface area (Å²) in [6.07, 6.45) is 1.26. The fraction of sp³-hybridized carbons (Fsp3) is 0.667. The van der Waals surface area contributed by atoms with Crippen molar-refractivity contribution in [1.29, 1.82) is 0 Å². The second-order valence-corrected chi connectivity index (χ2v) is 9.20. The highest BCUT2D eigenvalue weighted by Gasteiger charge is 2.51. The van der Waals surface area contributed by atoms with Crippen molar-refractivity contribution in [3.05, 3.63) is 29.3 Å². The summed E-state index contributed by atoms with van der Waals surface area (Å²) in [5.41, 5.74) is 2.19. The van der Waals surface area contributed by atoms with Gasteiger partial charge >= 0.3 is 13.2 Å². The molecule has 1 aromatic rings. The van der Waals surface area contributed by atoms with Crippen LogP contribution in [0, 0.1) is 0 Å². The molecule has 1 amide bonds. The number of amides is 1. The van der Waals surface area contributed by atoms with Crippen LogP contribution in [-0.4, -0.2) is 36.6 Å². The van der Waals surface area contributed by atoms with Gasteiger partial charge in [0.25, 0.3) is 0 Å². The first-order valence-corrected chi connectivity index (χ1v) is 9.78. The van der Waals surface area contributed by atoms with Crippen molar-refractivity contribution in [3.63, 3.8) is 0 Å². The molecule has 150 valence electrons. The number of benzene rings is 1. The molecule has 0 bridgehead atoms. The first-order chi connectivity index (χ1) is 12.3. The van der Waals surface area contributed by atoms with Crippen LogP contribution < -0.4 is 10.8 Å². The normalized spacial score (nSPS) is 18.4. The topological polar surface area (TPSA) is 56.8 Å². The molecule has 1 aromatic carbocycles. The van der Waals surface area contributed by atoms with E-state index in [4.69, 9.17) is 14.0 Å². The first kappa shape index (κ1) is 21.8. The monoisotopic (exact) mass is 375 g/mol. The molecule has 0 spiro atoms. The molecule has 5 nitrogen and oxygen atoms in total. The highest BCUT2D eigenvalue weighted by atomic mass is 16.7. The van der Waals surface area contributed by atoms with Crippen LogP contribution in [0.2, 0.25) is 0 Å². The molecule has 1 aliphatic rings. The summed E-state index contributed by atoms with van der Waals surface area (Å²) in [4.78, 5) is 11.8. The highest BCUT2D eigenvalue weighted by Crippen LogP contribution is 2.36. The van der Waals surface area contributed by atoms with Crippen LogP contribution in [0.3, 0.4) is 0 Å². The van der Waals surface area contributed by atoms with Gasteiger partial charge < -0.3 is 19.4 Å². The maximum Gasteiger partial charge on any atom is 0.494 e. The van der Waals surface area contributed by atoms with Gasteiger partial charge in [-0.1, -0.05) is 25.1 Å². The molecule has 0 saturated carbocycles. The lowest BCUT2D eigenvalue weighted by Crippen LogP contribution is -2.41. The molecule has 6 heteroatoms. The molecule has 1 heterocycles. The van der Waals surface area contributed by atoms with Crippen LogP contribution in [0.15, 0.2) is 18.2 Å². The van der Waals surface area contributed by atoms with Crippen molar-refractivity contribution < 1.29 is 18.8 Å². The van der Waals surface area contributed by atoms with Crippen LogP contribution in [0.4, 0.5) is 4.79 Å². The number of hydrogen-bond donors (Lipinski definition) is 1. The van der Waals surface area contributed by atoms with E-state index in [-0.39, 0.29) is 24.4 Å². The third-order valence-electron chi connectivity index (χ3n) is 5.09. The van der Waals surface area contributed by atoms with Crippen LogP contribution in [0.5, 0.6) is 0 Å². The van der Waals surface area contributed by atoms with Crippen molar-refractivity contribution in [2.24, 2.45) is 0 Å². The lowest BCUT2D eigenvalue weighted by molar-refractivity contribution is 0.00578. The fourth-order valence-corrected chi connectivity index (χ4v) is 2.88. The molecule has 1 saturated heterocycles. The highest BCUT2D eigenvalue weighted by molar-refractivity contribution is 6.62. The van der Waals surface area contributed by atoms with Crippen LogP contribution in [-0.2, 0) is 26.9 Å². The maximum absolute atomic E-state index is 11.8. The smallest absolute Gasteiger partial charge is 0.444 e. The average Bonchev–Trinajstić information content (AvgIpc) is 2.73. The van der Waals surface area contributed by atoms with E-state index in [1.165, 1.54) is 5.56 Å². The maximum atomic E-state index is 11.8. The SMILES string of the molecule is CCc1cc(CCNC(=O)OC(C)(C)C)cc(B2OC(C)(C)C(C)(C)O2)c1. The molecule has 0 atom stereocenters. The van der Waals surface area contributed by atoms with Gasteiger partial charge in [0.1, 0.15) is 5.60 Å². The van der Waals surface area contributed by atoms with Gasteiger partial charge in [-0.2, -0.15) is 0 Å². The van der Waals surface area contributed by atoms with E-state index in [2.05, 4.69) is 58.1 Å². The summed E-state index contributed by atoms with van der Waals surface area (Å²) < 4.78 is 17.7. The van der Waals surface area contributed by atoms with Crippen LogP contribution >= 0.6 is 0 Å². The average molecular weight is 375 g/mol. The van der Waals surface area contributed by atoms with Gasteiger partial charge in [0.05, 0.1) is 11.2 Å². The Morgan fingerprint density at radius 1 is 1.07 bits per heavy atom. The first-order valence-electron chi connectivity index (χ1n) is 9.78. The fourth-order valence-electron chi connectivity index (χ4n) is 2.88. The lowest BCUT2D eigenvalue weighted by atomic mass is 9.77. The van der Waals surface area contributed by atoms with E-state index < -0.39 is 5.60 Å². The van der Waals surface area contributed by atoms with Crippen molar-refractivity contribution in [3.8, 4) is 0 Å². The number of alkyl carbamates (subject to hydrolysis) is 1. The number of carbonyl (C=O) groups is 1. The number of aryl methyl sites for hydroxylation is 1. The van der Waals surface area contributed by atoms with Crippen LogP contribution in [0.1, 0.15) is 66.5 Å². The molecule has 1 fully saturated rings. The van der Waals surface area contributed by atoms with E-state index in [1.807, 2.05) is 20.8 Å². The summed E-state index contributed by atoms with van der Waals surface area (Å²) in [7, 11) is -0.376. The zero-order chi connectivity index (χ0) is 20.5. The Labute approximate surface area is 164 Å². The molecule has 27 heavy (non-hydrogen) atoms. The molecule has 0 radical (unpaired) electrons. The van der Waals surface area contributed by atoms with Crippen molar-refractivity contribution in [2.75, 3.05) is 6.54 Å². The van der Waals surface area contributed by atoms with Crippen molar-refractivity contribution in [1.82, 2.24) is 5.32 Å². The largest absolute Gasteiger partial charge is 0.494 e. The van der Waals surface area contributed by atoms with Gasteiger partial charge in [0.15, 0.2) is 0 Å². The standard InChI is InChI=1S/C21H34BNO4/c1-9-15-12-16(10-11-23-18(24)25-19(2,3)4)14-17(13-15)22-26-20(5,6)21(7,8)27-22/h12-14H,9-11H2,1-8H3,(H,23,24). The number of carbonyl (C=O) groups excluding carboxylic acids is 1. The van der Waals surface area contributed by atoms with Gasteiger partial charge in [0, 0.05) is 6.54 Å². The van der Waals surface area contributed by atoms with Crippen LogP contribution in [0.25, 0.3) is 0 Å². The minimum absolute atomic E-state index is 0.363. The third-order valence-corrected chi connectivity index (χ3v) is 5.09. The summed E-state index contributed by atoms with van der Waals surface area (Å²) >= 11 is 0. The van der Waals surface area contributed by atoms with Crippen molar-refractivity contribution >= 4 is 18.7 Å². The molecule has 1 N–H and O–H groups in total. The number of hydrogen-bond acceptors (Lipinski definition) is 4. The number of nitrogens with one attached hydrogen (secondary N) is 1. The Kier molecular flexibility index (Phi) is 6.32. The van der Waals surface area contributed by atoms with E-state index in [0.717, 1.165) is 23.9 Å². The van der Waals surface area contributed by atoms with Gasteiger partial charge in [-0.3, -0.25) is 0 Å². The molecular formula is C21H34BNO4. The molecule has 0 aromatic heterocycles. The molecule has 1 aliphatic heterocycles. The van der Waals surface area contributed by atoms with Gasteiger partial charge in [-0.05, 0) is 77.9 Å². The number of rotatable bonds is 5. The second kappa shape index (κ2) is 7.84. The van der Waals surface area contributed by atoms with Crippen molar-refractivity contribution in [2.45, 2.75) is 85.0 Å². The quantitative estimate of drug-likeness (QED) is 0.799. The third kappa shape index (κ3) is 5.72. The number of ether oxygens (including phenoxy) is 1. The van der Waals surface area contributed by atoms with Gasteiger partial charge in [-0.25, -0.2) is 4.79 Å². The van der Waals surface area contributed by atoms with Gasteiger partial charge in [0.2, 0.25) is 0 Å². The molecule has 2 rings (SSSR count). The zero-order valence-corrected chi connectivity index (χ0v) is 18.1. The second-order valence-electron chi connectivity index (χ2n) is 9.20. The summed E-state index contributed by atoms with van der Waals surface area (Å²) in [5, 5.41) is 2.82. The van der Waals surface area contributed by atoms with E-state index in [0.29, 0.717) is 6.54 Å². The molecule has 0 unspecified atom stereocenters. The zero-order valence-electron chi connectivity index (χ0n) is 18.1. The molecular weight excluding hydrogens is 341 g/mol. The summed E-state index contributed by atoms with van der Waals surface area (Å²) in [6.45, 7) is 16.4. The Hall–Kier alpha value is -1.53. The van der Waals surface area contributed by atoms with E-state index in [9.17, 15) is 4.79 Å². The summed E-state index contributed by atoms with van der Waals surface area (Å²) in [5.74, 6) is 0. The summed E-state index contributed by atoms with van der Waals surface area (Å²) in [6, 6.07) is 6.43. The Morgan fingerprint density at radius 2 is 1.63 bits per heavy atom. The Bertz CT molecular complexity index is 663. The Morgan fingerprint density at radius 3 is 2.15 bits per heavy atom. The predicted molar refractivity (Wildman–Crippen MR) is 109 cm³/mol. The van der Waals surface area contributed by atoms with Gasteiger partial charge in [-0.15, -0.1) is 0 Å². The predicted octanol–water partition coefficient (Wildman–Crippen LogP) is 3.62.